The number of anilines is 1. The van der Waals surface area contributed by atoms with E-state index in [1.165, 1.54) is 16.3 Å². The van der Waals surface area contributed by atoms with Crippen LogP contribution in [0.15, 0.2) is 36.4 Å². The van der Waals surface area contributed by atoms with Crippen molar-refractivity contribution in [3.8, 4) is 0 Å². The van der Waals surface area contributed by atoms with Crippen LogP contribution < -0.4 is 5.32 Å². The van der Waals surface area contributed by atoms with Gasteiger partial charge >= 0.3 is 0 Å². The van der Waals surface area contributed by atoms with Crippen molar-refractivity contribution < 1.29 is 9.47 Å². The van der Waals surface area contributed by atoms with Crippen LogP contribution in [0.5, 0.6) is 0 Å². The number of methoxy groups -OCH3 is 2. The van der Waals surface area contributed by atoms with E-state index in [2.05, 4.69) is 55.6 Å². The lowest BCUT2D eigenvalue weighted by molar-refractivity contribution is -0.109. The van der Waals surface area contributed by atoms with Gasteiger partial charge in [0.2, 0.25) is 0 Å². The van der Waals surface area contributed by atoms with Gasteiger partial charge in [-0.2, -0.15) is 0 Å². The number of hydrogen-bond donors (Lipinski definition) is 1. The molecule has 0 heterocycles. The van der Waals surface area contributed by atoms with E-state index < -0.39 is 0 Å². The summed E-state index contributed by atoms with van der Waals surface area (Å²) < 4.78 is 10.6. The van der Waals surface area contributed by atoms with Crippen LogP contribution in [0.25, 0.3) is 10.8 Å². The topological polar surface area (TPSA) is 30.5 Å². The van der Waals surface area contributed by atoms with E-state index >= 15 is 0 Å². The van der Waals surface area contributed by atoms with Crippen LogP contribution >= 0.6 is 0 Å². The summed E-state index contributed by atoms with van der Waals surface area (Å²) in [5.41, 5.74) is 2.36. The maximum absolute atomic E-state index is 5.30. The molecule has 1 atom stereocenters. The molecular weight excluding hydrogens is 238 g/mol. The normalized spacial score (nSPS) is 12.9. The maximum atomic E-state index is 5.30. The first-order valence-corrected chi connectivity index (χ1v) is 6.48. The Bertz CT molecular complexity index is 549. The Labute approximate surface area is 114 Å². The van der Waals surface area contributed by atoms with E-state index in [-0.39, 0.29) is 12.3 Å². The van der Waals surface area contributed by atoms with Gasteiger partial charge in [0.1, 0.15) is 0 Å². The van der Waals surface area contributed by atoms with Crippen LogP contribution in [0.1, 0.15) is 12.5 Å². The van der Waals surface area contributed by atoms with Gasteiger partial charge in [-0.3, -0.25) is 0 Å². The molecule has 0 saturated carbocycles. The minimum atomic E-state index is -0.265. The van der Waals surface area contributed by atoms with Crippen LogP contribution in [0, 0.1) is 6.92 Å². The Morgan fingerprint density at radius 1 is 1.00 bits per heavy atom. The molecule has 1 unspecified atom stereocenters. The summed E-state index contributed by atoms with van der Waals surface area (Å²) in [5, 5.41) is 5.96. The molecule has 0 aromatic heterocycles. The van der Waals surface area contributed by atoms with E-state index in [0.717, 1.165) is 5.69 Å². The summed E-state index contributed by atoms with van der Waals surface area (Å²) >= 11 is 0. The van der Waals surface area contributed by atoms with Gasteiger partial charge in [-0.05, 0) is 24.8 Å². The average molecular weight is 259 g/mol. The van der Waals surface area contributed by atoms with Crippen molar-refractivity contribution >= 4 is 16.5 Å². The molecule has 2 aromatic rings. The number of benzene rings is 2. The van der Waals surface area contributed by atoms with Crippen molar-refractivity contribution in [1.29, 1.82) is 0 Å². The summed E-state index contributed by atoms with van der Waals surface area (Å²) in [6, 6.07) is 12.7. The molecule has 19 heavy (non-hydrogen) atoms. The molecule has 2 rings (SSSR count). The predicted molar refractivity (Wildman–Crippen MR) is 79.6 cm³/mol. The fraction of sp³-hybridized carbons (Fsp3) is 0.375. The molecule has 0 fully saturated rings. The summed E-state index contributed by atoms with van der Waals surface area (Å²) in [7, 11) is 3.31. The van der Waals surface area contributed by atoms with E-state index in [1.54, 1.807) is 14.2 Å². The molecule has 0 amide bonds. The highest BCUT2D eigenvalue weighted by molar-refractivity contribution is 5.95. The minimum Gasteiger partial charge on any atom is -0.377 e. The highest BCUT2D eigenvalue weighted by atomic mass is 16.7. The lowest BCUT2D eigenvalue weighted by atomic mass is 10.0. The first kappa shape index (κ1) is 13.8. The van der Waals surface area contributed by atoms with Gasteiger partial charge in [0.15, 0.2) is 6.29 Å². The molecule has 3 heteroatoms. The van der Waals surface area contributed by atoms with Crippen LogP contribution in [0.2, 0.25) is 0 Å². The minimum absolute atomic E-state index is 0.0690. The van der Waals surface area contributed by atoms with Gasteiger partial charge in [0.05, 0.1) is 6.04 Å². The third-order valence-electron chi connectivity index (χ3n) is 3.38. The van der Waals surface area contributed by atoms with E-state index in [4.69, 9.17) is 9.47 Å². The SMILES string of the molecule is COC(OC)C(C)Nc1c(C)ccc2ccccc12. The smallest absolute Gasteiger partial charge is 0.176 e. The second kappa shape index (κ2) is 6.04. The summed E-state index contributed by atoms with van der Waals surface area (Å²) in [5.74, 6) is 0. The third kappa shape index (κ3) is 2.88. The lowest BCUT2D eigenvalue weighted by Crippen LogP contribution is -2.34. The summed E-state index contributed by atoms with van der Waals surface area (Å²) in [6.45, 7) is 4.16. The fourth-order valence-electron chi connectivity index (χ4n) is 2.37. The van der Waals surface area contributed by atoms with Crippen molar-refractivity contribution in [2.45, 2.75) is 26.2 Å². The van der Waals surface area contributed by atoms with Gasteiger partial charge in [0, 0.05) is 25.3 Å². The predicted octanol–water partition coefficient (Wildman–Crippen LogP) is 3.57. The maximum Gasteiger partial charge on any atom is 0.176 e. The Morgan fingerprint density at radius 2 is 1.68 bits per heavy atom. The molecule has 0 aliphatic carbocycles. The van der Waals surface area contributed by atoms with Crippen molar-refractivity contribution in [2.75, 3.05) is 19.5 Å². The van der Waals surface area contributed by atoms with E-state index in [0.29, 0.717) is 0 Å². The lowest BCUT2D eigenvalue weighted by Gasteiger charge is -2.24. The number of nitrogens with one attached hydrogen (secondary N) is 1. The molecule has 0 saturated heterocycles. The average Bonchev–Trinajstić information content (AvgIpc) is 2.43. The Hall–Kier alpha value is -1.58. The van der Waals surface area contributed by atoms with Crippen molar-refractivity contribution in [3.05, 3.63) is 42.0 Å². The highest BCUT2D eigenvalue weighted by Gasteiger charge is 2.17. The number of ether oxygens (including phenoxy) is 2. The fourth-order valence-corrected chi connectivity index (χ4v) is 2.37. The molecule has 0 aliphatic heterocycles. The quantitative estimate of drug-likeness (QED) is 0.833. The molecule has 0 radical (unpaired) electrons. The van der Waals surface area contributed by atoms with Crippen LogP contribution in [0.4, 0.5) is 5.69 Å². The first-order valence-electron chi connectivity index (χ1n) is 6.48. The molecule has 102 valence electrons. The Balaban J connectivity index is 2.36. The van der Waals surface area contributed by atoms with E-state index in [1.807, 2.05) is 0 Å². The second-order valence-electron chi connectivity index (χ2n) is 4.75. The number of hydrogen-bond acceptors (Lipinski definition) is 3. The van der Waals surface area contributed by atoms with Gasteiger partial charge in [0.25, 0.3) is 0 Å². The second-order valence-corrected chi connectivity index (χ2v) is 4.75. The Morgan fingerprint density at radius 3 is 2.37 bits per heavy atom. The summed E-state index contributed by atoms with van der Waals surface area (Å²) in [6.07, 6.45) is -0.265. The zero-order valence-electron chi connectivity index (χ0n) is 11.9. The molecule has 3 nitrogen and oxygen atoms in total. The first-order chi connectivity index (χ1) is 9.17. The van der Waals surface area contributed by atoms with Gasteiger partial charge in [-0.15, -0.1) is 0 Å². The van der Waals surface area contributed by atoms with Gasteiger partial charge < -0.3 is 14.8 Å². The van der Waals surface area contributed by atoms with E-state index in [9.17, 15) is 0 Å². The zero-order chi connectivity index (χ0) is 13.8. The standard InChI is InChI=1S/C16H21NO2/c1-11-9-10-13-7-5-6-8-14(13)15(11)17-12(2)16(18-3)19-4/h5-10,12,16-17H,1-4H3. The zero-order valence-corrected chi connectivity index (χ0v) is 11.9. The van der Waals surface area contributed by atoms with Crippen LogP contribution in [0.3, 0.4) is 0 Å². The van der Waals surface area contributed by atoms with Crippen molar-refractivity contribution in [3.63, 3.8) is 0 Å². The number of rotatable bonds is 5. The molecule has 0 spiro atoms. The largest absolute Gasteiger partial charge is 0.377 e. The molecule has 0 aliphatic rings. The Kier molecular flexibility index (Phi) is 4.40. The van der Waals surface area contributed by atoms with Crippen molar-refractivity contribution in [2.24, 2.45) is 0 Å². The van der Waals surface area contributed by atoms with Crippen molar-refractivity contribution in [1.82, 2.24) is 0 Å². The number of aryl methyl sites for hydroxylation is 1. The summed E-state index contributed by atoms with van der Waals surface area (Å²) in [4.78, 5) is 0. The van der Waals surface area contributed by atoms with Crippen LogP contribution in [-0.2, 0) is 9.47 Å². The molecule has 1 N–H and O–H groups in total. The highest BCUT2D eigenvalue weighted by Crippen LogP contribution is 2.28. The van der Waals surface area contributed by atoms with Crippen LogP contribution in [-0.4, -0.2) is 26.6 Å². The third-order valence-corrected chi connectivity index (χ3v) is 3.38. The molecule has 0 bridgehead atoms. The molecular formula is C16H21NO2. The van der Waals surface area contributed by atoms with Gasteiger partial charge in [-0.1, -0.05) is 36.4 Å². The monoisotopic (exact) mass is 259 g/mol. The molecule has 2 aromatic carbocycles. The van der Waals surface area contributed by atoms with Gasteiger partial charge in [-0.25, -0.2) is 0 Å². The number of fused-ring (bicyclic) bond motifs is 1.